The van der Waals surface area contributed by atoms with Crippen LogP contribution >= 0.6 is 15.9 Å². The number of aliphatic imine (C=N–C) groups is 1. The normalized spacial score (nSPS) is 11.6. The molecule has 0 spiro atoms. The predicted molar refractivity (Wildman–Crippen MR) is 104 cm³/mol. The molecule has 0 saturated carbocycles. The molecule has 28 heavy (non-hydrogen) atoms. The van der Waals surface area contributed by atoms with E-state index in [1.807, 2.05) is 24.3 Å². The Balaban J connectivity index is 1.63. The summed E-state index contributed by atoms with van der Waals surface area (Å²) in [6, 6.07) is 18.0. The van der Waals surface area contributed by atoms with Crippen molar-refractivity contribution in [2.75, 3.05) is 0 Å². The Morgan fingerprint density at radius 1 is 0.893 bits per heavy atom. The van der Waals surface area contributed by atoms with Gasteiger partial charge in [0.2, 0.25) is 0 Å². The summed E-state index contributed by atoms with van der Waals surface area (Å²) in [4.78, 5) is 16.4. The zero-order valence-electron chi connectivity index (χ0n) is 14.3. The Labute approximate surface area is 167 Å². The monoisotopic (exact) mass is 447 g/mol. The van der Waals surface area contributed by atoms with E-state index in [2.05, 4.69) is 20.9 Å². The van der Waals surface area contributed by atoms with E-state index < -0.39 is 17.7 Å². The van der Waals surface area contributed by atoms with Crippen molar-refractivity contribution in [1.82, 2.24) is 0 Å². The molecule has 0 heterocycles. The minimum absolute atomic E-state index is 0.0360. The van der Waals surface area contributed by atoms with Gasteiger partial charge in [0.05, 0.1) is 16.8 Å². The van der Waals surface area contributed by atoms with E-state index in [1.54, 1.807) is 30.5 Å². The van der Waals surface area contributed by atoms with Gasteiger partial charge in [-0.3, -0.25) is 4.99 Å². The summed E-state index contributed by atoms with van der Waals surface area (Å²) in [5.41, 5.74) is 0.811. The quantitative estimate of drug-likeness (QED) is 0.262. The average Bonchev–Trinajstić information content (AvgIpc) is 2.68. The largest absolute Gasteiger partial charge is 0.423 e. The highest BCUT2D eigenvalue weighted by molar-refractivity contribution is 9.10. The number of halogens is 4. The first kappa shape index (κ1) is 19.8. The van der Waals surface area contributed by atoms with Crippen LogP contribution in [0.3, 0.4) is 0 Å². The topological polar surface area (TPSA) is 38.7 Å². The molecule has 3 aromatic rings. The molecule has 0 amide bonds. The summed E-state index contributed by atoms with van der Waals surface area (Å²) in [6.07, 6.45) is -2.78. The van der Waals surface area contributed by atoms with Crippen LogP contribution in [0.15, 0.2) is 82.3 Å². The molecule has 0 bridgehead atoms. The molecule has 0 atom stereocenters. The summed E-state index contributed by atoms with van der Waals surface area (Å²) < 4.78 is 43.8. The van der Waals surface area contributed by atoms with Gasteiger partial charge in [0, 0.05) is 10.7 Å². The fraction of sp³-hybridized carbons (Fsp3) is 0.0476. The van der Waals surface area contributed by atoms with Gasteiger partial charge in [0.1, 0.15) is 5.75 Å². The first-order chi connectivity index (χ1) is 13.3. The van der Waals surface area contributed by atoms with E-state index in [9.17, 15) is 18.0 Å². The van der Waals surface area contributed by atoms with Crippen molar-refractivity contribution in [2.24, 2.45) is 4.99 Å². The van der Waals surface area contributed by atoms with Gasteiger partial charge in [-0.1, -0.05) is 15.9 Å². The van der Waals surface area contributed by atoms with Crippen LogP contribution in [0.5, 0.6) is 5.75 Å². The molecule has 0 aliphatic carbocycles. The first-order valence-electron chi connectivity index (χ1n) is 8.10. The number of carbonyl (C=O) groups excluding carboxylic acids is 1. The third-order valence-electron chi connectivity index (χ3n) is 3.73. The Morgan fingerprint density at radius 2 is 1.50 bits per heavy atom. The standard InChI is InChI=1S/C21H13BrF3NO2/c22-17-7-9-18(10-8-17)26-13-14-1-11-19(12-2-14)28-20(27)15-3-5-16(6-4-15)21(23,24)25/h1-13H. The van der Waals surface area contributed by atoms with E-state index in [0.29, 0.717) is 0 Å². The van der Waals surface area contributed by atoms with Crippen LogP contribution in [0.4, 0.5) is 18.9 Å². The van der Waals surface area contributed by atoms with Crippen molar-refractivity contribution in [3.05, 3.63) is 94.0 Å². The van der Waals surface area contributed by atoms with Crippen molar-refractivity contribution in [1.29, 1.82) is 0 Å². The van der Waals surface area contributed by atoms with Crippen molar-refractivity contribution in [2.45, 2.75) is 6.18 Å². The lowest BCUT2D eigenvalue weighted by Crippen LogP contribution is -2.10. The van der Waals surface area contributed by atoms with Crippen LogP contribution in [-0.2, 0) is 6.18 Å². The predicted octanol–water partition coefficient (Wildman–Crippen LogP) is 6.44. The molecule has 7 heteroatoms. The molecule has 0 radical (unpaired) electrons. The second-order valence-corrected chi connectivity index (χ2v) is 6.68. The minimum Gasteiger partial charge on any atom is -0.423 e. The van der Waals surface area contributed by atoms with Crippen molar-refractivity contribution < 1.29 is 22.7 Å². The summed E-state index contributed by atoms with van der Waals surface area (Å²) >= 11 is 3.35. The fourth-order valence-corrected chi connectivity index (χ4v) is 2.52. The van der Waals surface area contributed by atoms with Gasteiger partial charge in [-0.05, 0) is 78.4 Å². The molecule has 0 aliphatic rings. The fourth-order valence-electron chi connectivity index (χ4n) is 2.26. The Morgan fingerprint density at radius 3 is 2.07 bits per heavy atom. The number of nitrogens with zero attached hydrogens (tertiary/aromatic N) is 1. The maximum Gasteiger partial charge on any atom is 0.416 e. The summed E-state index contributed by atoms with van der Waals surface area (Å²) in [5, 5.41) is 0. The van der Waals surface area contributed by atoms with Gasteiger partial charge in [0.25, 0.3) is 0 Å². The lowest BCUT2D eigenvalue weighted by Gasteiger charge is -2.08. The third-order valence-corrected chi connectivity index (χ3v) is 4.26. The molecule has 142 valence electrons. The molecule has 3 nitrogen and oxygen atoms in total. The highest BCUT2D eigenvalue weighted by Crippen LogP contribution is 2.29. The molecule has 0 unspecified atom stereocenters. The number of rotatable bonds is 4. The number of ether oxygens (including phenoxy) is 1. The minimum atomic E-state index is -4.45. The highest BCUT2D eigenvalue weighted by Gasteiger charge is 2.30. The van der Waals surface area contributed by atoms with E-state index in [4.69, 9.17) is 4.74 Å². The SMILES string of the molecule is O=C(Oc1ccc(C=Nc2ccc(Br)cc2)cc1)c1ccc(C(F)(F)F)cc1. The molecule has 0 fully saturated rings. The average molecular weight is 448 g/mol. The molecular weight excluding hydrogens is 435 g/mol. The van der Waals surface area contributed by atoms with Gasteiger partial charge in [-0.25, -0.2) is 4.79 Å². The number of hydrogen-bond acceptors (Lipinski definition) is 3. The maximum absolute atomic E-state index is 12.6. The van der Waals surface area contributed by atoms with Gasteiger partial charge >= 0.3 is 12.1 Å². The van der Waals surface area contributed by atoms with E-state index in [0.717, 1.165) is 40.0 Å². The zero-order valence-corrected chi connectivity index (χ0v) is 15.9. The van der Waals surface area contributed by atoms with Crippen LogP contribution in [0, 0.1) is 0 Å². The smallest absolute Gasteiger partial charge is 0.416 e. The molecule has 0 N–H and O–H groups in total. The van der Waals surface area contributed by atoms with Crippen LogP contribution in [0.1, 0.15) is 21.5 Å². The maximum atomic E-state index is 12.6. The van der Waals surface area contributed by atoms with Crippen LogP contribution in [0.25, 0.3) is 0 Å². The van der Waals surface area contributed by atoms with Crippen molar-refractivity contribution in [3.8, 4) is 5.75 Å². The Bertz CT molecular complexity index is 980. The van der Waals surface area contributed by atoms with Crippen LogP contribution in [0.2, 0.25) is 0 Å². The molecular formula is C21H13BrF3NO2. The van der Waals surface area contributed by atoms with E-state index in [-0.39, 0.29) is 11.3 Å². The second kappa shape index (κ2) is 8.39. The lowest BCUT2D eigenvalue weighted by atomic mass is 10.1. The van der Waals surface area contributed by atoms with Gasteiger partial charge < -0.3 is 4.74 Å². The van der Waals surface area contributed by atoms with E-state index >= 15 is 0 Å². The van der Waals surface area contributed by atoms with E-state index in [1.165, 1.54) is 0 Å². The lowest BCUT2D eigenvalue weighted by molar-refractivity contribution is -0.137. The van der Waals surface area contributed by atoms with Crippen LogP contribution < -0.4 is 4.74 Å². The van der Waals surface area contributed by atoms with Gasteiger partial charge in [0.15, 0.2) is 0 Å². The number of alkyl halides is 3. The number of carbonyl (C=O) groups is 1. The molecule has 0 aromatic heterocycles. The third kappa shape index (κ3) is 5.29. The van der Waals surface area contributed by atoms with Crippen LogP contribution in [-0.4, -0.2) is 12.2 Å². The summed E-state index contributed by atoms with van der Waals surface area (Å²) in [6.45, 7) is 0. The summed E-state index contributed by atoms with van der Waals surface area (Å²) in [5.74, 6) is -0.448. The Kier molecular flexibility index (Phi) is 5.94. The second-order valence-electron chi connectivity index (χ2n) is 5.77. The molecule has 0 aliphatic heterocycles. The zero-order chi connectivity index (χ0) is 20.1. The molecule has 3 rings (SSSR count). The highest BCUT2D eigenvalue weighted by atomic mass is 79.9. The van der Waals surface area contributed by atoms with Crippen molar-refractivity contribution >= 4 is 33.8 Å². The number of hydrogen-bond donors (Lipinski definition) is 0. The van der Waals surface area contributed by atoms with Gasteiger partial charge in [-0.2, -0.15) is 13.2 Å². The van der Waals surface area contributed by atoms with Crippen molar-refractivity contribution in [3.63, 3.8) is 0 Å². The summed E-state index contributed by atoms with van der Waals surface area (Å²) in [7, 11) is 0. The number of benzene rings is 3. The molecule has 0 saturated heterocycles. The number of esters is 1. The van der Waals surface area contributed by atoms with Gasteiger partial charge in [-0.15, -0.1) is 0 Å². The molecule has 3 aromatic carbocycles. The first-order valence-corrected chi connectivity index (χ1v) is 8.90. The Hall–Kier alpha value is -2.93.